The van der Waals surface area contributed by atoms with E-state index in [0.29, 0.717) is 17.1 Å². The number of aryl methyl sites for hydroxylation is 2. The molecule has 0 atom stereocenters. The second kappa shape index (κ2) is 7.33. The Labute approximate surface area is 155 Å². The number of anilines is 1. The number of hydrogen-bond donors (Lipinski definition) is 2. The molecule has 138 valence electrons. The van der Waals surface area contributed by atoms with Crippen molar-refractivity contribution in [3.05, 3.63) is 86.2 Å². The highest BCUT2D eigenvalue weighted by molar-refractivity contribution is 6.04. The van der Waals surface area contributed by atoms with Crippen LogP contribution < -0.4 is 21.3 Å². The van der Waals surface area contributed by atoms with Gasteiger partial charge >= 0.3 is 5.69 Å². The smallest absolute Gasteiger partial charge is 0.333 e. The van der Waals surface area contributed by atoms with E-state index in [2.05, 4.69) is 10.3 Å². The van der Waals surface area contributed by atoms with Crippen molar-refractivity contribution in [2.24, 2.45) is 0 Å². The van der Waals surface area contributed by atoms with Gasteiger partial charge in [-0.25, -0.2) is 9.36 Å². The van der Waals surface area contributed by atoms with Crippen LogP contribution in [0.5, 0.6) is 5.75 Å². The predicted molar refractivity (Wildman–Crippen MR) is 103 cm³/mol. The van der Waals surface area contributed by atoms with Gasteiger partial charge in [-0.05, 0) is 43.2 Å². The Hall–Kier alpha value is -3.61. The number of amides is 1. The molecule has 1 aromatic heterocycles. The van der Waals surface area contributed by atoms with E-state index in [1.54, 1.807) is 24.3 Å². The average Bonchev–Trinajstić information content (AvgIpc) is 2.65. The number of H-pyrrole nitrogens is 1. The number of hydrogen-bond acceptors (Lipinski definition) is 4. The summed E-state index contributed by atoms with van der Waals surface area (Å²) >= 11 is 0. The van der Waals surface area contributed by atoms with E-state index in [9.17, 15) is 14.4 Å². The fourth-order valence-corrected chi connectivity index (χ4v) is 2.68. The predicted octanol–water partition coefficient (Wildman–Crippen LogP) is 2.40. The third-order valence-corrected chi connectivity index (χ3v) is 4.17. The number of benzene rings is 2. The van der Waals surface area contributed by atoms with Gasteiger partial charge in [-0.15, -0.1) is 0 Å². The fraction of sp³-hybridized carbons (Fsp3) is 0.150. The first-order valence-electron chi connectivity index (χ1n) is 8.28. The summed E-state index contributed by atoms with van der Waals surface area (Å²) in [5.74, 6) is -0.106. The van der Waals surface area contributed by atoms with Gasteiger partial charge in [0.2, 0.25) is 0 Å². The lowest BCUT2D eigenvalue weighted by Crippen LogP contribution is -2.38. The lowest BCUT2D eigenvalue weighted by atomic mass is 10.1. The minimum Gasteiger partial charge on any atom is -0.497 e. The number of methoxy groups -OCH3 is 1. The zero-order valence-electron chi connectivity index (χ0n) is 15.2. The maximum atomic E-state index is 12.8. The Morgan fingerprint density at radius 3 is 2.63 bits per heavy atom. The molecule has 3 aromatic rings. The summed E-state index contributed by atoms with van der Waals surface area (Å²) in [4.78, 5) is 40.1. The molecule has 0 aliphatic carbocycles. The zero-order valence-corrected chi connectivity index (χ0v) is 15.2. The molecule has 0 saturated heterocycles. The molecule has 7 heteroatoms. The van der Waals surface area contributed by atoms with E-state index >= 15 is 0 Å². The van der Waals surface area contributed by atoms with Crippen LogP contribution in [0.2, 0.25) is 0 Å². The maximum absolute atomic E-state index is 12.8. The highest BCUT2D eigenvalue weighted by Gasteiger charge is 2.17. The van der Waals surface area contributed by atoms with Gasteiger partial charge < -0.3 is 15.0 Å². The van der Waals surface area contributed by atoms with Crippen LogP contribution in [0.25, 0.3) is 5.69 Å². The highest BCUT2D eigenvalue weighted by Crippen LogP contribution is 2.17. The quantitative estimate of drug-likeness (QED) is 0.742. The summed E-state index contributed by atoms with van der Waals surface area (Å²) in [5.41, 5.74) is 1.24. The lowest BCUT2D eigenvalue weighted by Gasteiger charge is -2.11. The highest BCUT2D eigenvalue weighted by atomic mass is 16.5. The Kier molecular flexibility index (Phi) is 4.94. The molecule has 0 aliphatic heterocycles. The lowest BCUT2D eigenvalue weighted by molar-refractivity contribution is 0.102. The van der Waals surface area contributed by atoms with E-state index in [4.69, 9.17) is 4.74 Å². The van der Waals surface area contributed by atoms with E-state index < -0.39 is 17.2 Å². The number of aromatic nitrogens is 2. The summed E-state index contributed by atoms with van der Waals surface area (Å²) in [7, 11) is 1.49. The molecule has 1 heterocycles. The van der Waals surface area contributed by atoms with Crippen molar-refractivity contribution in [3.63, 3.8) is 0 Å². The number of carbonyl (C=O) groups is 1. The third kappa shape index (κ3) is 3.67. The Bertz CT molecular complexity index is 1130. The molecule has 2 N–H and O–H groups in total. The van der Waals surface area contributed by atoms with Crippen LogP contribution in [-0.2, 0) is 0 Å². The normalized spacial score (nSPS) is 10.5. The third-order valence-electron chi connectivity index (χ3n) is 4.17. The number of ether oxygens (including phenoxy) is 1. The van der Waals surface area contributed by atoms with Crippen molar-refractivity contribution in [3.8, 4) is 11.4 Å². The molecule has 0 radical (unpaired) electrons. The summed E-state index contributed by atoms with van der Waals surface area (Å²) in [6.45, 7) is 3.77. The molecule has 3 rings (SSSR count). The maximum Gasteiger partial charge on any atom is 0.333 e. The van der Waals surface area contributed by atoms with Crippen molar-refractivity contribution < 1.29 is 9.53 Å². The van der Waals surface area contributed by atoms with E-state index in [-0.39, 0.29) is 5.56 Å². The van der Waals surface area contributed by atoms with Gasteiger partial charge in [0, 0.05) is 18.0 Å². The molecule has 0 aliphatic rings. The van der Waals surface area contributed by atoms with Crippen LogP contribution in [0, 0.1) is 13.8 Å². The first kappa shape index (κ1) is 18.2. The van der Waals surface area contributed by atoms with Crippen molar-refractivity contribution in [2.75, 3.05) is 12.4 Å². The number of nitrogens with one attached hydrogen (secondary N) is 2. The van der Waals surface area contributed by atoms with Crippen LogP contribution in [0.1, 0.15) is 21.5 Å². The topological polar surface area (TPSA) is 93.2 Å². The van der Waals surface area contributed by atoms with Gasteiger partial charge in [0.05, 0.1) is 12.8 Å². The molecule has 2 aromatic carbocycles. The number of carbonyl (C=O) groups excluding carboxylic acids is 1. The second-order valence-corrected chi connectivity index (χ2v) is 6.12. The first-order chi connectivity index (χ1) is 12.9. The summed E-state index contributed by atoms with van der Waals surface area (Å²) < 4.78 is 6.03. The minimum absolute atomic E-state index is 0.168. The van der Waals surface area contributed by atoms with Crippen LogP contribution in [-0.4, -0.2) is 22.6 Å². The first-order valence-corrected chi connectivity index (χ1v) is 8.28. The number of nitrogens with zero attached hydrogens (tertiary/aromatic N) is 1. The van der Waals surface area contributed by atoms with Gasteiger partial charge in [0.15, 0.2) is 0 Å². The molecule has 0 fully saturated rings. The fourth-order valence-electron chi connectivity index (χ4n) is 2.68. The molecule has 27 heavy (non-hydrogen) atoms. The van der Waals surface area contributed by atoms with E-state index in [1.165, 1.54) is 7.11 Å². The number of rotatable bonds is 4. The minimum atomic E-state index is -0.713. The molecule has 0 bridgehead atoms. The van der Waals surface area contributed by atoms with E-state index in [1.807, 2.05) is 32.0 Å². The Morgan fingerprint density at radius 2 is 1.89 bits per heavy atom. The molecular formula is C20H19N3O4. The Balaban J connectivity index is 2.05. The van der Waals surface area contributed by atoms with Crippen molar-refractivity contribution >= 4 is 11.6 Å². The van der Waals surface area contributed by atoms with Crippen LogP contribution in [0.4, 0.5) is 5.69 Å². The van der Waals surface area contributed by atoms with Gasteiger partial charge in [0.1, 0.15) is 11.3 Å². The van der Waals surface area contributed by atoms with Crippen molar-refractivity contribution in [1.29, 1.82) is 0 Å². The Morgan fingerprint density at radius 1 is 1.11 bits per heavy atom. The van der Waals surface area contributed by atoms with Gasteiger partial charge in [0.25, 0.3) is 11.5 Å². The molecule has 1 amide bonds. The summed E-state index contributed by atoms with van der Waals surface area (Å²) in [6.07, 6.45) is 1.13. The molecule has 0 spiro atoms. The molecule has 0 saturated carbocycles. The number of aromatic amines is 1. The largest absolute Gasteiger partial charge is 0.497 e. The van der Waals surface area contributed by atoms with Crippen LogP contribution in [0.15, 0.2) is 58.3 Å². The zero-order chi connectivity index (χ0) is 19.6. The van der Waals surface area contributed by atoms with Crippen LogP contribution >= 0.6 is 0 Å². The van der Waals surface area contributed by atoms with Crippen LogP contribution in [0.3, 0.4) is 0 Å². The summed E-state index contributed by atoms with van der Waals surface area (Å²) in [5, 5.41) is 2.73. The van der Waals surface area contributed by atoms with Gasteiger partial charge in [-0.2, -0.15) is 0 Å². The van der Waals surface area contributed by atoms with Crippen molar-refractivity contribution in [2.45, 2.75) is 13.8 Å². The molecule has 7 nitrogen and oxygen atoms in total. The summed E-state index contributed by atoms with van der Waals surface area (Å²) in [6, 6.07) is 12.1. The molecular weight excluding hydrogens is 346 g/mol. The van der Waals surface area contributed by atoms with Gasteiger partial charge in [-0.1, -0.05) is 18.2 Å². The molecule has 0 unspecified atom stereocenters. The van der Waals surface area contributed by atoms with Gasteiger partial charge in [-0.3, -0.25) is 9.59 Å². The van der Waals surface area contributed by atoms with E-state index in [0.717, 1.165) is 21.9 Å². The second-order valence-electron chi connectivity index (χ2n) is 6.12. The standard InChI is InChI=1S/C20H19N3O4/c1-12-7-8-13(2)17(9-12)22-18(24)16-11-21-20(26)23(19(16)25)14-5-4-6-15(10-14)27-3/h4-11H,1-3H3,(H,21,26)(H,22,24). The average molecular weight is 365 g/mol. The SMILES string of the molecule is COc1cccc(-n2c(=O)[nH]cc(C(=O)Nc3cc(C)ccc3C)c2=O)c1. The van der Waals surface area contributed by atoms with Crippen molar-refractivity contribution in [1.82, 2.24) is 9.55 Å². The monoisotopic (exact) mass is 365 g/mol.